The van der Waals surface area contributed by atoms with Crippen molar-refractivity contribution in [2.45, 2.75) is 31.8 Å². The quantitative estimate of drug-likeness (QED) is 0.692. The fourth-order valence-electron chi connectivity index (χ4n) is 2.37. The molecule has 3 rings (SSSR count). The molecule has 3 N–H and O–H groups in total. The lowest BCUT2D eigenvalue weighted by Gasteiger charge is -2.13. The highest BCUT2D eigenvalue weighted by Gasteiger charge is 2.35. The van der Waals surface area contributed by atoms with Crippen LogP contribution in [0.15, 0.2) is 12.7 Å². The van der Waals surface area contributed by atoms with Gasteiger partial charge in [-0.25, -0.2) is 15.0 Å². The SMILES string of the molecule is CC(=O)Nc1ncnc2c1ncn2C1CC(O)C(CO)O1. The fourth-order valence-corrected chi connectivity index (χ4v) is 2.37. The first-order chi connectivity index (χ1) is 10.1. The molecule has 0 aliphatic carbocycles. The number of carbonyl (C=O) groups is 1. The van der Waals surface area contributed by atoms with Gasteiger partial charge < -0.3 is 20.3 Å². The highest BCUT2D eigenvalue weighted by Crippen LogP contribution is 2.31. The Labute approximate surface area is 119 Å². The van der Waals surface area contributed by atoms with Gasteiger partial charge in [-0.05, 0) is 0 Å². The number of rotatable bonds is 3. The Morgan fingerprint density at radius 2 is 2.33 bits per heavy atom. The van der Waals surface area contributed by atoms with Gasteiger partial charge in [0.25, 0.3) is 0 Å². The van der Waals surface area contributed by atoms with Crippen molar-refractivity contribution in [3.05, 3.63) is 12.7 Å². The van der Waals surface area contributed by atoms with Crippen molar-refractivity contribution in [2.75, 3.05) is 11.9 Å². The van der Waals surface area contributed by atoms with Gasteiger partial charge in [0.15, 0.2) is 17.0 Å². The Kier molecular flexibility index (Phi) is 3.53. The third kappa shape index (κ3) is 2.46. The van der Waals surface area contributed by atoms with Crippen LogP contribution >= 0.6 is 0 Å². The summed E-state index contributed by atoms with van der Waals surface area (Å²) in [4.78, 5) is 23.5. The van der Waals surface area contributed by atoms with E-state index in [2.05, 4.69) is 20.3 Å². The van der Waals surface area contributed by atoms with Gasteiger partial charge in [0.05, 0.1) is 19.0 Å². The minimum atomic E-state index is -0.742. The number of anilines is 1. The van der Waals surface area contributed by atoms with Crippen molar-refractivity contribution in [3.8, 4) is 0 Å². The van der Waals surface area contributed by atoms with Crippen LogP contribution in [0.3, 0.4) is 0 Å². The van der Waals surface area contributed by atoms with E-state index in [1.54, 1.807) is 4.57 Å². The number of imidazole rings is 1. The summed E-state index contributed by atoms with van der Waals surface area (Å²) in [5.41, 5.74) is 0.933. The molecule has 9 nitrogen and oxygen atoms in total. The summed E-state index contributed by atoms with van der Waals surface area (Å²) in [6.07, 6.45) is 1.33. The molecule has 112 valence electrons. The van der Waals surface area contributed by atoms with E-state index >= 15 is 0 Å². The number of hydrogen-bond acceptors (Lipinski definition) is 7. The van der Waals surface area contributed by atoms with Crippen LogP contribution in [0.25, 0.3) is 11.2 Å². The highest BCUT2D eigenvalue weighted by molar-refractivity contribution is 5.95. The molecule has 9 heteroatoms. The largest absolute Gasteiger partial charge is 0.394 e. The first-order valence-corrected chi connectivity index (χ1v) is 6.49. The zero-order valence-electron chi connectivity index (χ0n) is 11.3. The van der Waals surface area contributed by atoms with Crippen molar-refractivity contribution in [1.82, 2.24) is 19.5 Å². The third-order valence-electron chi connectivity index (χ3n) is 3.35. The second kappa shape index (κ2) is 5.35. The summed E-state index contributed by atoms with van der Waals surface area (Å²) in [6.45, 7) is 1.13. The number of amides is 1. The molecule has 2 aromatic rings. The zero-order valence-corrected chi connectivity index (χ0v) is 11.3. The molecule has 21 heavy (non-hydrogen) atoms. The Morgan fingerprint density at radius 3 is 3.00 bits per heavy atom. The molecule has 0 saturated carbocycles. The van der Waals surface area contributed by atoms with Gasteiger partial charge in [0, 0.05) is 13.3 Å². The maximum Gasteiger partial charge on any atom is 0.222 e. The molecule has 1 aliphatic heterocycles. The van der Waals surface area contributed by atoms with Crippen molar-refractivity contribution in [3.63, 3.8) is 0 Å². The number of hydrogen-bond donors (Lipinski definition) is 3. The molecular formula is C12H15N5O4. The lowest BCUT2D eigenvalue weighted by atomic mass is 10.2. The van der Waals surface area contributed by atoms with Crippen LogP contribution in [0.5, 0.6) is 0 Å². The lowest BCUT2D eigenvalue weighted by molar-refractivity contribution is -0.114. The number of nitrogens with one attached hydrogen (secondary N) is 1. The van der Waals surface area contributed by atoms with Crippen LogP contribution in [-0.4, -0.2) is 54.5 Å². The van der Waals surface area contributed by atoms with E-state index in [-0.39, 0.29) is 12.5 Å². The zero-order chi connectivity index (χ0) is 15.0. The summed E-state index contributed by atoms with van der Waals surface area (Å²) in [5, 5.41) is 21.5. The first-order valence-electron chi connectivity index (χ1n) is 6.49. The van der Waals surface area contributed by atoms with Crippen LogP contribution in [0.4, 0.5) is 5.82 Å². The molecule has 0 bridgehead atoms. The second-order valence-corrected chi connectivity index (χ2v) is 4.84. The molecule has 0 spiro atoms. The Bertz CT molecular complexity index is 673. The fraction of sp³-hybridized carbons (Fsp3) is 0.500. The standard InChI is InChI=1S/C12H15N5O4/c1-6(19)16-11-10-12(14-4-13-11)17(5-15-10)9-2-7(20)8(3-18)21-9/h4-5,7-9,18,20H,2-3H2,1H3,(H,13,14,16,19). The summed E-state index contributed by atoms with van der Waals surface area (Å²) >= 11 is 0. The van der Waals surface area contributed by atoms with E-state index < -0.39 is 18.4 Å². The second-order valence-electron chi connectivity index (χ2n) is 4.84. The number of aliphatic hydroxyl groups excluding tert-OH is 2. The normalized spacial score (nSPS) is 25.4. The van der Waals surface area contributed by atoms with Crippen molar-refractivity contribution >= 4 is 22.9 Å². The van der Waals surface area contributed by atoms with E-state index in [4.69, 9.17) is 9.84 Å². The number of nitrogens with zero attached hydrogens (tertiary/aromatic N) is 4. The molecule has 1 amide bonds. The molecule has 1 fully saturated rings. The van der Waals surface area contributed by atoms with E-state index in [1.165, 1.54) is 19.6 Å². The number of fused-ring (bicyclic) bond motifs is 1. The predicted molar refractivity (Wildman–Crippen MR) is 71.2 cm³/mol. The van der Waals surface area contributed by atoms with E-state index in [1.807, 2.05) is 0 Å². The molecule has 2 aromatic heterocycles. The summed E-state index contributed by atoms with van der Waals surface area (Å²) in [7, 11) is 0. The van der Waals surface area contributed by atoms with Crippen LogP contribution in [0.2, 0.25) is 0 Å². The minimum Gasteiger partial charge on any atom is -0.394 e. The summed E-state index contributed by atoms with van der Waals surface area (Å²) < 4.78 is 7.23. The molecule has 3 heterocycles. The van der Waals surface area contributed by atoms with Gasteiger partial charge in [0.1, 0.15) is 18.7 Å². The molecular weight excluding hydrogens is 278 g/mol. The predicted octanol–water partition coefficient (Wildman–Crippen LogP) is -0.575. The number of aromatic nitrogens is 4. The Hall–Kier alpha value is -2.10. The average Bonchev–Trinajstić information content (AvgIpc) is 3.02. The van der Waals surface area contributed by atoms with E-state index in [0.717, 1.165) is 0 Å². The van der Waals surface area contributed by atoms with Crippen LogP contribution < -0.4 is 5.32 Å². The topological polar surface area (TPSA) is 122 Å². The maximum absolute atomic E-state index is 11.2. The minimum absolute atomic E-state index is 0.252. The van der Waals surface area contributed by atoms with Crippen molar-refractivity contribution in [1.29, 1.82) is 0 Å². The van der Waals surface area contributed by atoms with Gasteiger partial charge >= 0.3 is 0 Å². The van der Waals surface area contributed by atoms with Crippen LogP contribution in [0, 0.1) is 0 Å². The monoisotopic (exact) mass is 293 g/mol. The Balaban J connectivity index is 1.96. The van der Waals surface area contributed by atoms with Crippen molar-refractivity contribution in [2.24, 2.45) is 0 Å². The van der Waals surface area contributed by atoms with Crippen LogP contribution in [0.1, 0.15) is 19.6 Å². The first kappa shape index (κ1) is 13.9. The molecule has 3 atom stereocenters. The molecule has 0 radical (unpaired) electrons. The Morgan fingerprint density at radius 1 is 1.52 bits per heavy atom. The molecule has 3 unspecified atom stereocenters. The average molecular weight is 293 g/mol. The maximum atomic E-state index is 11.2. The number of aliphatic hydroxyl groups is 2. The van der Waals surface area contributed by atoms with E-state index in [0.29, 0.717) is 23.4 Å². The van der Waals surface area contributed by atoms with Gasteiger partial charge in [0.2, 0.25) is 5.91 Å². The molecule has 0 aromatic carbocycles. The van der Waals surface area contributed by atoms with Crippen LogP contribution in [-0.2, 0) is 9.53 Å². The van der Waals surface area contributed by atoms with Gasteiger partial charge in [-0.3, -0.25) is 9.36 Å². The van der Waals surface area contributed by atoms with Gasteiger partial charge in [-0.1, -0.05) is 0 Å². The number of carbonyl (C=O) groups excluding carboxylic acids is 1. The smallest absolute Gasteiger partial charge is 0.222 e. The highest BCUT2D eigenvalue weighted by atomic mass is 16.5. The van der Waals surface area contributed by atoms with Gasteiger partial charge in [-0.15, -0.1) is 0 Å². The molecule has 1 aliphatic rings. The lowest BCUT2D eigenvalue weighted by Crippen LogP contribution is -2.24. The van der Waals surface area contributed by atoms with Crippen molar-refractivity contribution < 1.29 is 19.7 Å². The van der Waals surface area contributed by atoms with Gasteiger partial charge in [-0.2, -0.15) is 0 Å². The summed E-state index contributed by atoms with van der Waals surface area (Å²) in [5.74, 6) is 0.0703. The summed E-state index contributed by atoms with van der Waals surface area (Å²) in [6, 6.07) is 0. The molecule has 1 saturated heterocycles. The van der Waals surface area contributed by atoms with E-state index in [9.17, 15) is 9.90 Å². The number of ether oxygens (including phenoxy) is 1. The third-order valence-corrected chi connectivity index (χ3v) is 3.35.